The van der Waals surface area contributed by atoms with Gasteiger partial charge in [-0.3, -0.25) is 9.52 Å². The summed E-state index contributed by atoms with van der Waals surface area (Å²) in [6.07, 6.45) is 3.06. The summed E-state index contributed by atoms with van der Waals surface area (Å²) >= 11 is 0. The fourth-order valence-electron chi connectivity index (χ4n) is 3.73. The fourth-order valence-corrected chi connectivity index (χ4v) is 4.84. The maximum absolute atomic E-state index is 13.1. The largest absolute Gasteiger partial charge is 0.497 e. The first-order valence-electron chi connectivity index (χ1n) is 9.97. The number of benzene rings is 3. The number of methoxy groups -OCH3 is 1. The zero-order valence-corrected chi connectivity index (χ0v) is 17.6. The molecule has 0 unspecified atom stereocenters. The molecule has 0 saturated carbocycles. The second kappa shape index (κ2) is 8.36. The van der Waals surface area contributed by atoms with Crippen molar-refractivity contribution in [3.8, 4) is 5.75 Å². The summed E-state index contributed by atoms with van der Waals surface area (Å²) in [5.41, 5.74) is 0.663. The van der Waals surface area contributed by atoms with Crippen molar-refractivity contribution < 1.29 is 17.9 Å². The number of anilines is 1. The molecule has 3 aromatic carbocycles. The maximum atomic E-state index is 13.1. The van der Waals surface area contributed by atoms with Gasteiger partial charge in [0.25, 0.3) is 15.9 Å². The minimum absolute atomic E-state index is 0.139. The number of nitrogens with zero attached hydrogens (tertiary/aromatic N) is 1. The third-order valence-electron chi connectivity index (χ3n) is 5.37. The molecule has 1 saturated heterocycles. The molecule has 1 amide bonds. The van der Waals surface area contributed by atoms with Crippen LogP contribution in [-0.4, -0.2) is 39.4 Å². The number of amides is 1. The number of sulfonamides is 1. The Morgan fingerprint density at radius 2 is 1.63 bits per heavy atom. The van der Waals surface area contributed by atoms with E-state index in [0.29, 0.717) is 30.1 Å². The molecule has 1 fully saturated rings. The zero-order chi connectivity index (χ0) is 21.1. The van der Waals surface area contributed by atoms with E-state index in [0.717, 1.165) is 30.0 Å². The van der Waals surface area contributed by atoms with E-state index in [-0.39, 0.29) is 10.8 Å². The number of carbonyl (C=O) groups excluding carboxylic acids is 1. The van der Waals surface area contributed by atoms with Crippen LogP contribution in [0.2, 0.25) is 0 Å². The summed E-state index contributed by atoms with van der Waals surface area (Å²) in [5.74, 6) is 0.569. The number of nitrogens with one attached hydrogen (secondary N) is 1. The third kappa shape index (κ3) is 4.11. The van der Waals surface area contributed by atoms with Crippen LogP contribution in [0, 0.1) is 0 Å². The summed E-state index contributed by atoms with van der Waals surface area (Å²) in [4.78, 5) is 14.9. The molecular formula is C23H24N2O4S. The van der Waals surface area contributed by atoms with E-state index in [1.54, 1.807) is 60.5 Å². The molecule has 0 radical (unpaired) electrons. The van der Waals surface area contributed by atoms with E-state index < -0.39 is 10.0 Å². The minimum atomic E-state index is -3.86. The maximum Gasteiger partial charge on any atom is 0.261 e. The molecule has 1 N–H and O–H groups in total. The Morgan fingerprint density at radius 1 is 0.933 bits per heavy atom. The Morgan fingerprint density at radius 3 is 2.40 bits per heavy atom. The van der Waals surface area contributed by atoms with E-state index in [2.05, 4.69) is 4.72 Å². The average molecular weight is 425 g/mol. The van der Waals surface area contributed by atoms with Crippen molar-refractivity contribution in [1.82, 2.24) is 4.90 Å². The highest BCUT2D eigenvalue weighted by Crippen LogP contribution is 2.26. The number of fused-ring (bicyclic) bond motifs is 1. The van der Waals surface area contributed by atoms with Gasteiger partial charge in [0, 0.05) is 13.1 Å². The molecule has 7 heteroatoms. The Bertz CT molecular complexity index is 1180. The van der Waals surface area contributed by atoms with Gasteiger partial charge in [-0.15, -0.1) is 0 Å². The van der Waals surface area contributed by atoms with Gasteiger partial charge in [-0.05, 0) is 66.4 Å². The molecule has 1 aliphatic heterocycles. The van der Waals surface area contributed by atoms with Crippen molar-refractivity contribution in [2.24, 2.45) is 0 Å². The monoisotopic (exact) mass is 424 g/mol. The number of hydrogen-bond donors (Lipinski definition) is 1. The standard InChI is InChI=1S/C23H24N2O4S/c1-29-19-11-9-18-16-20(12-10-17(18)15-19)30(27,28)24-22-8-4-3-7-21(22)23(26)25-13-5-2-6-14-25/h3-4,7-12,15-16,24H,2,5-6,13-14H2,1H3. The summed E-state index contributed by atoms with van der Waals surface area (Å²) < 4.78 is 33.9. The topological polar surface area (TPSA) is 75.7 Å². The first-order chi connectivity index (χ1) is 14.5. The molecule has 0 atom stereocenters. The van der Waals surface area contributed by atoms with Crippen molar-refractivity contribution in [3.63, 3.8) is 0 Å². The van der Waals surface area contributed by atoms with Crippen LogP contribution in [0.3, 0.4) is 0 Å². The van der Waals surface area contributed by atoms with Crippen molar-refractivity contribution >= 4 is 32.4 Å². The lowest BCUT2D eigenvalue weighted by Gasteiger charge is -2.27. The van der Waals surface area contributed by atoms with Gasteiger partial charge in [0.1, 0.15) is 5.75 Å². The Kier molecular flexibility index (Phi) is 5.63. The lowest BCUT2D eigenvalue weighted by Crippen LogP contribution is -2.36. The normalized spacial score (nSPS) is 14.5. The van der Waals surface area contributed by atoms with Gasteiger partial charge in [0.15, 0.2) is 0 Å². The summed E-state index contributed by atoms with van der Waals surface area (Å²) in [5, 5.41) is 1.67. The second-order valence-corrected chi connectivity index (χ2v) is 9.06. The van der Waals surface area contributed by atoms with Crippen molar-refractivity contribution in [2.45, 2.75) is 24.2 Å². The average Bonchev–Trinajstić information content (AvgIpc) is 2.78. The van der Waals surface area contributed by atoms with Crippen LogP contribution < -0.4 is 9.46 Å². The predicted molar refractivity (Wildman–Crippen MR) is 118 cm³/mol. The lowest BCUT2D eigenvalue weighted by atomic mass is 10.1. The van der Waals surface area contributed by atoms with E-state index in [1.165, 1.54) is 0 Å². The van der Waals surface area contributed by atoms with E-state index >= 15 is 0 Å². The van der Waals surface area contributed by atoms with Gasteiger partial charge >= 0.3 is 0 Å². The molecule has 3 aromatic rings. The highest BCUT2D eigenvalue weighted by Gasteiger charge is 2.23. The van der Waals surface area contributed by atoms with Gasteiger partial charge < -0.3 is 9.64 Å². The SMILES string of the molecule is COc1ccc2cc(S(=O)(=O)Nc3ccccc3C(=O)N3CCCCC3)ccc2c1. The molecule has 4 rings (SSSR count). The van der Waals surface area contributed by atoms with Gasteiger partial charge in [0.2, 0.25) is 0 Å². The van der Waals surface area contributed by atoms with Crippen LogP contribution in [0.4, 0.5) is 5.69 Å². The number of hydrogen-bond acceptors (Lipinski definition) is 4. The van der Waals surface area contributed by atoms with E-state index in [9.17, 15) is 13.2 Å². The van der Waals surface area contributed by atoms with Gasteiger partial charge in [0.05, 0.1) is 23.3 Å². The van der Waals surface area contributed by atoms with Crippen molar-refractivity contribution in [2.75, 3.05) is 24.9 Å². The van der Waals surface area contributed by atoms with E-state index in [4.69, 9.17) is 4.74 Å². The number of para-hydroxylation sites is 1. The molecule has 0 spiro atoms. The second-order valence-electron chi connectivity index (χ2n) is 7.38. The molecule has 0 aromatic heterocycles. The summed E-state index contributed by atoms with van der Waals surface area (Å²) in [6, 6.07) is 17.1. The molecule has 1 aliphatic rings. The van der Waals surface area contributed by atoms with Crippen LogP contribution >= 0.6 is 0 Å². The highest BCUT2D eigenvalue weighted by atomic mass is 32.2. The molecule has 0 aliphatic carbocycles. The van der Waals surface area contributed by atoms with Crippen LogP contribution in [0.15, 0.2) is 65.6 Å². The summed E-state index contributed by atoms with van der Waals surface area (Å²) in [6.45, 7) is 1.40. The van der Waals surface area contributed by atoms with E-state index in [1.807, 2.05) is 12.1 Å². The molecule has 6 nitrogen and oxygen atoms in total. The van der Waals surface area contributed by atoms with Crippen LogP contribution in [0.25, 0.3) is 10.8 Å². The lowest BCUT2D eigenvalue weighted by molar-refractivity contribution is 0.0725. The van der Waals surface area contributed by atoms with Crippen LogP contribution in [0.1, 0.15) is 29.6 Å². The number of rotatable bonds is 5. The molecular weight excluding hydrogens is 400 g/mol. The first kappa shape index (κ1) is 20.2. The first-order valence-corrected chi connectivity index (χ1v) is 11.5. The molecule has 0 bridgehead atoms. The Balaban J connectivity index is 1.64. The zero-order valence-electron chi connectivity index (χ0n) is 16.8. The van der Waals surface area contributed by atoms with Crippen LogP contribution in [0.5, 0.6) is 5.75 Å². The minimum Gasteiger partial charge on any atom is -0.497 e. The number of likely N-dealkylation sites (tertiary alicyclic amines) is 1. The third-order valence-corrected chi connectivity index (χ3v) is 6.74. The smallest absolute Gasteiger partial charge is 0.261 e. The summed E-state index contributed by atoms with van der Waals surface area (Å²) in [7, 11) is -2.27. The van der Waals surface area contributed by atoms with Gasteiger partial charge in [-0.25, -0.2) is 8.42 Å². The Hall–Kier alpha value is -3.06. The molecule has 30 heavy (non-hydrogen) atoms. The number of piperidine rings is 1. The van der Waals surface area contributed by atoms with Gasteiger partial charge in [-0.2, -0.15) is 0 Å². The molecule has 156 valence electrons. The number of carbonyl (C=O) groups is 1. The highest BCUT2D eigenvalue weighted by molar-refractivity contribution is 7.92. The van der Waals surface area contributed by atoms with Crippen molar-refractivity contribution in [3.05, 3.63) is 66.2 Å². The fraction of sp³-hybridized carbons (Fsp3) is 0.261. The van der Waals surface area contributed by atoms with Crippen molar-refractivity contribution in [1.29, 1.82) is 0 Å². The predicted octanol–water partition coefficient (Wildman–Crippen LogP) is 4.28. The molecule has 1 heterocycles. The quantitative estimate of drug-likeness (QED) is 0.663. The van der Waals surface area contributed by atoms with Crippen LogP contribution in [-0.2, 0) is 10.0 Å². The number of ether oxygens (including phenoxy) is 1. The Labute approximate surface area is 176 Å². The van der Waals surface area contributed by atoms with Gasteiger partial charge in [-0.1, -0.05) is 24.3 Å².